The second-order valence-electron chi connectivity index (χ2n) is 7.97. The average Bonchev–Trinajstić information content (AvgIpc) is 3.06. The number of primary amides is 1. The summed E-state index contributed by atoms with van der Waals surface area (Å²) in [4.78, 5) is 20.0. The Morgan fingerprint density at radius 1 is 1.33 bits per heavy atom. The first-order valence-electron chi connectivity index (χ1n) is 9.64. The number of rotatable bonds is 7. The molecule has 0 fully saturated rings. The molecule has 2 N–H and O–H groups in total. The Kier molecular flexibility index (Phi) is 5.92. The first-order chi connectivity index (χ1) is 14.2. The van der Waals surface area contributed by atoms with Gasteiger partial charge in [-0.15, -0.1) is 0 Å². The van der Waals surface area contributed by atoms with E-state index in [2.05, 4.69) is 16.0 Å². The zero-order valence-corrected chi connectivity index (χ0v) is 17.5. The van der Waals surface area contributed by atoms with Crippen LogP contribution in [0.4, 0.5) is 4.79 Å². The van der Waals surface area contributed by atoms with Crippen molar-refractivity contribution in [2.75, 3.05) is 6.61 Å². The Balaban J connectivity index is 1.89. The third kappa shape index (κ3) is 4.51. The molecule has 1 atom stereocenters. The first-order valence-corrected chi connectivity index (χ1v) is 9.64. The monoisotopic (exact) mass is 407 g/mol. The molecule has 0 bridgehead atoms. The van der Waals surface area contributed by atoms with Crippen LogP contribution in [0.15, 0.2) is 36.8 Å². The molecule has 0 spiro atoms. The van der Waals surface area contributed by atoms with Crippen LogP contribution in [0.5, 0.6) is 5.75 Å². The largest absolute Gasteiger partial charge is 0.488 e. The van der Waals surface area contributed by atoms with Crippen molar-refractivity contribution < 1.29 is 14.3 Å². The third-order valence-corrected chi connectivity index (χ3v) is 4.76. The number of ether oxygens (including phenoxy) is 2. The fourth-order valence-electron chi connectivity index (χ4n) is 3.67. The highest BCUT2D eigenvalue weighted by Gasteiger charge is 2.31. The number of nitrogens with two attached hydrogens (primary N) is 1. The minimum absolute atomic E-state index is 0.0819. The Morgan fingerprint density at radius 3 is 2.77 bits per heavy atom. The topological polar surface area (TPSA) is 116 Å². The molecule has 2 aromatic heterocycles. The minimum atomic E-state index is -0.895. The number of hydrogen-bond acceptors (Lipinski definition) is 6. The molecule has 0 aliphatic heterocycles. The van der Waals surface area contributed by atoms with Crippen molar-refractivity contribution in [2.24, 2.45) is 18.7 Å². The van der Waals surface area contributed by atoms with Crippen LogP contribution < -0.4 is 10.5 Å². The van der Waals surface area contributed by atoms with Gasteiger partial charge in [0.1, 0.15) is 36.0 Å². The molecule has 3 rings (SSSR count). The number of benzene rings is 1. The molecule has 1 amide bonds. The first kappa shape index (κ1) is 21.1. The summed E-state index contributed by atoms with van der Waals surface area (Å²) in [6.07, 6.45) is 3.14. The Labute approximate surface area is 175 Å². The number of amides is 1. The lowest BCUT2D eigenvalue weighted by molar-refractivity contribution is -0.0186. The zero-order chi connectivity index (χ0) is 21.9. The van der Waals surface area contributed by atoms with Crippen LogP contribution >= 0.6 is 0 Å². The molecule has 8 nitrogen and oxygen atoms in total. The van der Waals surface area contributed by atoms with Gasteiger partial charge in [-0.25, -0.2) is 14.8 Å². The van der Waals surface area contributed by atoms with E-state index in [1.807, 2.05) is 43.8 Å². The van der Waals surface area contributed by atoms with Crippen molar-refractivity contribution in [2.45, 2.75) is 32.8 Å². The van der Waals surface area contributed by atoms with Crippen molar-refractivity contribution in [3.63, 3.8) is 0 Å². The van der Waals surface area contributed by atoms with Gasteiger partial charge in [-0.2, -0.15) is 5.26 Å². The molecule has 1 aromatic carbocycles. The summed E-state index contributed by atoms with van der Waals surface area (Å²) < 4.78 is 13.1. The molecule has 0 radical (unpaired) electrons. The lowest BCUT2D eigenvalue weighted by Gasteiger charge is -2.30. The van der Waals surface area contributed by atoms with E-state index in [0.29, 0.717) is 17.7 Å². The molecular formula is C22H25N5O3. The maximum atomic E-state index is 11.3. The van der Waals surface area contributed by atoms with Crippen molar-refractivity contribution in [1.29, 1.82) is 5.26 Å². The number of nitrogens with zero attached hydrogens (tertiary/aromatic N) is 4. The summed E-state index contributed by atoms with van der Waals surface area (Å²) in [5, 5.41) is 10.6. The van der Waals surface area contributed by atoms with Crippen LogP contribution in [0.1, 0.15) is 32.8 Å². The minimum Gasteiger partial charge on any atom is -0.488 e. The molecule has 3 aromatic rings. The number of fused-ring (bicyclic) bond motifs is 1. The van der Waals surface area contributed by atoms with Crippen LogP contribution in [-0.4, -0.2) is 32.8 Å². The fourth-order valence-corrected chi connectivity index (χ4v) is 3.67. The SMILES string of the molecule is CC(C)CC(C)(COc1ccc(-c2ncnc3c2ccn3C)cc1C#N)OC(N)=O. The highest BCUT2D eigenvalue weighted by Crippen LogP contribution is 2.31. The van der Waals surface area contributed by atoms with Gasteiger partial charge in [-0.3, -0.25) is 0 Å². The summed E-state index contributed by atoms with van der Waals surface area (Å²) in [6.45, 7) is 5.89. The summed E-state index contributed by atoms with van der Waals surface area (Å²) in [5.41, 5.74) is 7.04. The van der Waals surface area contributed by atoms with Gasteiger partial charge in [-0.05, 0) is 43.5 Å². The molecule has 0 saturated carbocycles. The number of carbonyl (C=O) groups is 1. The van der Waals surface area contributed by atoms with Gasteiger partial charge < -0.3 is 19.8 Å². The van der Waals surface area contributed by atoms with E-state index in [4.69, 9.17) is 15.2 Å². The van der Waals surface area contributed by atoms with E-state index in [9.17, 15) is 10.1 Å². The van der Waals surface area contributed by atoms with Crippen LogP contribution in [0.3, 0.4) is 0 Å². The second kappa shape index (κ2) is 8.41. The lowest BCUT2D eigenvalue weighted by Crippen LogP contribution is -2.41. The molecule has 2 heterocycles. The number of aryl methyl sites for hydroxylation is 1. The van der Waals surface area contributed by atoms with Gasteiger partial charge >= 0.3 is 6.09 Å². The summed E-state index contributed by atoms with van der Waals surface area (Å²) in [6, 6.07) is 9.42. The molecule has 156 valence electrons. The molecule has 0 aliphatic rings. The zero-order valence-electron chi connectivity index (χ0n) is 17.5. The quantitative estimate of drug-likeness (QED) is 0.637. The molecule has 0 saturated heterocycles. The highest BCUT2D eigenvalue weighted by atomic mass is 16.6. The maximum Gasteiger partial charge on any atom is 0.405 e. The van der Waals surface area contributed by atoms with Gasteiger partial charge in [-0.1, -0.05) is 13.8 Å². The van der Waals surface area contributed by atoms with Crippen LogP contribution in [-0.2, 0) is 11.8 Å². The van der Waals surface area contributed by atoms with E-state index in [-0.39, 0.29) is 12.5 Å². The van der Waals surface area contributed by atoms with Gasteiger partial charge in [0, 0.05) is 24.2 Å². The molecular weight excluding hydrogens is 382 g/mol. The Morgan fingerprint density at radius 2 is 2.10 bits per heavy atom. The molecule has 30 heavy (non-hydrogen) atoms. The average molecular weight is 407 g/mol. The third-order valence-electron chi connectivity index (χ3n) is 4.76. The number of nitriles is 1. The van der Waals surface area contributed by atoms with Crippen LogP contribution in [0.25, 0.3) is 22.3 Å². The molecule has 1 unspecified atom stereocenters. The molecule has 0 aliphatic carbocycles. The smallest absolute Gasteiger partial charge is 0.405 e. The standard InChI is InChI=1S/C22H25N5O3/c1-14(2)10-22(3,30-21(24)28)12-29-18-6-5-15(9-16(18)11-23)19-17-7-8-27(4)20(17)26-13-25-19/h5-9,13-14H,10,12H2,1-4H3,(H2,24,28). The van der Waals surface area contributed by atoms with Gasteiger partial charge in [0.2, 0.25) is 0 Å². The van der Waals surface area contributed by atoms with E-state index in [0.717, 1.165) is 22.3 Å². The number of carbonyl (C=O) groups excluding carboxylic acids is 1. The van der Waals surface area contributed by atoms with Gasteiger partial charge in [0.25, 0.3) is 0 Å². The van der Waals surface area contributed by atoms with E-state index in [1.54, 1.807) is 19.1 Å². The van der Waals surface area contributed by atoms with E-state index < -0.39 is 11.7 Å². The van der Waals surface area contributed by atoms with Crippen molar-refractivity contribution in [3.8, 4) is 23.1 Å². The highest BCUT2D eigenvalue weighted by molar-refractivity contribution is 5.91. The second-order valence-corrected chi connectivity index (χ2v) is 7.97. The van der Waals surface area contributed by atoms with Crippen LogP contribution in [0, 0.1) is 17.2 Å². The summed E-state index contributed by atoms with van der Waals surface area (Å²) in [7, 11) is 1.92. The van der Waals surface area contributed by atoms with Gasteiger partial charge in [0.15, 0.2) is 0 Å². The van der Waals surface area contributed by atoms with E-state index in [1.165, 1.54) is 6.33 Å². The van der Waals surface area contributed by atoms with E-state index >= 15 is 0 Å². The Bertz CT molecular complexity index is 1120. The van der Waals surface area contributed by atoms with Crippen molar-refractivity contribution in [1.82, 2.24) is 14.5 Å². The predicted octanol–water partition coefficient (Wildman–Crippen LogP) is 3.79. The maximum absolute atomic E-state index is 11.3. The summed E-state index contributed by atoms with van der Waals surface area (Å²) in [5.74, 6) is 0.671. The Hall–Kier alpha value is -3.60. The fraction of sp³-hybridized carbons (Fsp3) is 0.364. The number of hydrogen-bond donors (Lipinski definition) is 1. The number of aromatic nitrogens is 3. The normalized spacial score (nSPS) is 13.1. The van der Waals surface area contributed by atoms with Crippen LogP contribution in [0.2, 0.25) is 0 Å². The molecule has 8 heteroatoms. The van der Waals surface area contributed by atoms with Crippen molar-refractivity contribution >= 4 is 17.1 Å². The predicted molar refractivity (Wildman–Crippen MR) is 113 cm³/mol. The van der Waals surface area contributed by atoms with Gasteiger partial charge in [0.05, 0.1) is 11.3 Å². The lowest BCUT2D eigenvalue weighted by atomic mass is 9.95. The summed E-state index contributed by atoms with van der Waals surface area (Å²) >= 11 is 0. The van der Waals surface area contributed by atoms with Crippen molar-refractivity contribution in [3.05, 3.63) is 42.4 Å².